The highest BCUT2D eigenvalue weighted by Crippen LogP contribution is 2.21. The van der Waals surface area contributed by atoms with E-state index in [0.29, 0.717) is 12.8 Å². The van der Waals surface area contributed by atoms with Gasteiger partial charge in [0.15, 0.2) is 6.29 Å². The summed E-state index contributed by atoms with van der Waals surface area (Å²) in [5, 5.41) is 1.79. The van der Waals surface area contributed by atoms with E-state index in [1.165, 1.54) is 0 Å². The van der Waals surface area contributed by atoms with E-state index >= 15 is 0 Å². The summed E-state index contributed by atoms with van der Waals surface area (Å²) in [5.41, 5.74) is 0. The van der Waals surface area contributed by atoms with Gasteiger partial charge >= 0.3 is 12.1 Å². The van der Waals surface area contributed by atoms with Gasteiger partial charge in [-0.2, -0.15) is 13.2 Å². The molecule has 1 N–H and O–H groups in total. The second kappa shape index (κ2) is 5.68. The average Bonchev–Trinajstić information content (AvgIpc) is 2.51. The fourth-order valence-corrected chi connectivity index (χ4v) is 1.44. The first-order chi connectivity index (χ1) is 7.80. The van der Waals surface area contributed by atoms with Crippen LogP contribution in [0.3, 0.4) is 0 Å². The predicted octanol–water partition coefficient (Wildman–Crippen LogP) is 1.59. The number of rotatable bonds is 4. The molecule has 7 heteroatoms. The number of alkyl halides is 3. The molecule has 2 unspecified atom stereocenters. The molecule has 1 heterocycles. The molecule has 0 aromatic heterocycles. The van der Waals surface area contributed by atoms with Crippen LogP contribution >= 0.6 is 0 Å². The van der Waals surface area contributed by atoms with E-state index in [1.807, 2.05) is 13.8 Å². The highest BCUT2D eigenvalue weighted by Gasteiger charge is 2.38. The van der Waals surface area contributed by atoms with Crippen LogP contribution in [0.5, 0.6) is 0 Å². The third-order valence-electron chi connectivity index (χ3n) is 2.55. The number of halogens is 3. The number of hydrogen-bond donors (Lipinski definition) is 1. The molecule has 1 amide bonds. The lowest BCUT2D eigenvalue weighted by molar-refractivity contribution is -0.173. The molecule has 1 aliphatic rings. The molecule has 0 aliphatic carbocycles. The summed E-state index contributed by atoms with van der Waals surface area (Å²) in [7, 11) is 0. The number of nitrogens with one attached hydrogen (secondary N) is 1. The molecule has 0 aromatic rings. The molecule has 1 fully saturated rings. The third kappa shape index (κ3) is 4.51. The van der Waals surface area contributed by atoms with Gasteiger partial charge in [0.05, 0.1) is 12.2 Å². The van der Waals surface area contributed by atoms with Crippen molar-refractivity contribution < 1.29 is 27.4 Å². The summed E-state index contributed by atoms with van der Waals surface area (Å²) in [5.74, 6) is -1.91. The van der Waals surface area contributed by atoms with Crippen molar-refractivity contribution in [2.75, 3.05) is 6.54 Å². The summed E-state index contributed by atoms with van der Waals surface area (Å²) in [6, 6.07) is 0. The Morgan fingerprint density at radius 2 is 1.76 bits per heavy atom. The molecule has 17 heavy (non-hydrogen) atoms. The predicted molar refractivity (Wildman–Crippen MR) is 53.2 cm³/mol. The van der Waals surface area contributed by atoms with E-state index < -0.39 is 12.1 Å². The van der Waals surface area contributed by atoms with Gasteiger partial charge in [-0.15, -0.1) is 0 Å². The van der Waals surface area contributed by atoms with E-state index in [0.717, 1.165) is 0 Å². The van der Waals surface area contributed by atoms with Gasteiger partial charge in [0.25, 0.3) is 0 Å². The summed E-state index contributed by atoms with van der Waals surface area (Å²) in [6.07, 6.45) is -4.38. The van der Waals surface area contributed by atoms with Gasteiger partial charge in [-0.05, 0) is 20.3 Å². The van der Waals surface area contributed by atoms with Crippen LogP contribution in [0.15, 0.2) is 0 Å². The highest BCUT2D eigenvalue weighted by atomic mass is 19.4. The number of ether oxygens (including phenoxy) is 2. The van der Waals surface area contributed by atoms with Crippen LogP contribution in [0.1, 0.15) is 26.7 Å². The second-order valence-electron chi connectivity index (χ2n) is 4.01. The Kier molecular flexibility index (Phi) is 4.76. The molecule has 0 bridgehead atoms. The molecule has 100 valence electrons. The fraction of sp³-hybridized carbons (Fsp3) is 0.900. The first-order valence-electron chi connectivity index (χ1n) is 5.46. The molecule has 0 saturated carbocycles. The molecule has 1 saturated heterocycles. The van der Waals surface area contributed by atoms with Gasteiger partial charge in [-0.1, -0.05) is 0 Å². The Morgan fingerprint density at radius 3 is 2.24 bits per heavy atom. The summed E-state index contributed by atoms with van der Waals surface area (Å²) in [6.45, 7) is 3.70. The molecule has 2 atom stereocenters. The van der Waals surface area contributed by atoms with Crippen LogP contribution < -0.4 is 5.32 Å². The van der Waals surface area contributed by atoms with Crippen LogP contribution in [0, 0.1) is 0 Å². The van der Waals surface area contributed by atoms with Crippen molar-refractivity contribution in [2.45, 2.75) is 51.4 Å². The van der Waals surface area contributed by atoms with Crippen molar-refractivity contribution in [3.63, 3.8) is 0 Å². The van der Waals surface area contributed by atoms with E-state index in [4.69, 9.17) is 9.47 Å². The topological polar surface area (TPSA) is 47.6 Å². The number of amides is 1. The quantitative estimate of drug-likeness (QED) is 0.776. The van der Waals surface area contributed by atoms with Gasteiger partial charge in [0.1, 0.15) is 0 Å². The maximum atomic E-state index is 11.8. The van der Waals surface area contributed by atoms with Crippen molar-refractivity contribution in [1.82, 2.24) is 5.32 Å². The standard InChI is InChI=1S/C10H16F3NO3/c1-6-7(2)17-8(16-6)4-3-5-14-9(15)10(11,12)13/h6-8H,3-5H2,1-2H3,(H,14,15). The Bertz CT molecular complexity index is 260. The minimum absolute atomic E-state index is 0.00948. The lowest BCUT2D eigenvalue weighted by atomic mass is 10.3. The number of carbonyl (C=O) groups excluding carboxylic acids is 1. The summed E-state index contributed by atoms with van der Waals surface area (Å²) < 4.78 is 46.2. The van der Waals surface area contributed by atoms with Gasteiger partial charge in [-0.25, -0.2) is 0 Å². The van der Waals surface area contributed by atoms with Gasteiger partial charge in [0, 0.05) is 13.0 Å². The van der Waals surface area contributed by atoms with Crippen LogP contribution in [-0.4, -0.2) is 37.1 Å². The van der Waals surface area contributed by atoms with Crippen LogP contribution in [-0.2, 0) is 14.3 Å². The monoisotopic (exact) mass is 255 g/mol. The molecule has 4 nitrogen and oxygen atoms in total. The van der Waals surface area contributed by atoms with E-state index in [1.54, 1.807) is 5.32 Å². The molecule has 0 aromatic carbocycles. The zero-order valence-electron chi connectivity index (χ0n) is 9.71. The van der Waals surface area contributed by atoms with Crippen LogP contribution in [0.2, 0.25) is 0 Å². The Morgan fingerprint density at radius 1 is 1.24 bits per heavy atom. The molecule has 1 aliphatic heterocycles. The smallest absolute Gasteiger partial charge is 0.348 e. The van der Waals surface area contributed by atoms with E-state index in [-0.39, 0.29) is 25.0 Å². The van der Waals surface area contributed by atoms with Crippen molar-refractivity contribution in [1.29, 1.82) is 0 Å². The van der Waals surface area contributed by atoms with Gasteiger partial charge in [-0.3, -0.25) is 4.79 Å². The first-order valence-corrected chi connectivity index (χ1v) is 5.46. The minimum atomic E-state index is -4.82. The van der Waals surface area contributed by atoms with E-state index in [9.17, 15) is 18.0 Å². The van der Waals surface area contributed by atoms with Crippen molar-refractivity contribution in [3.05, 3.63) is 0 Å². The SMILES string of the molecule is CC1OC(CCCNC(=O)C(F)(F)F)OC1C. The van der Waals surface area contributed by atoms with Crippen molar-refractivity contribution in [3.8, 4) is 0 Å². The molecule has 1 rings (SSSR count). The molecule has 0 radical (unpaired) electrons. The molecular formula is C10H16F3NO3. The van der Waals surface area contributed by atoms with Crippen molar-refractivity contribution in [2.24, 2.45) is 0 Å². The zero-order chi connectivity index (χ0) is 13.1. The second-order valence-corrected chi connectivity index (χ2v) is 4.01. The lowest BCUT2D eigenvalue weighted by Gasteiger charge is -2.11. The Balaban J connectivity index is 2.11. The highest BCUT2D eigenvalue weighted by molar-refractivity contribution is 5.81. The number of carbonyl (C=O) groups is 1. The summed E-state index contributed by atoms with van der Waals surface area (Å²) >= 11 is 0. The van der Waals surface area contributed by atoms with Gasteiger partial charge < -0.3 is 14.8 Å². The summed E-state index contributed by atoms with van der Waals surface area (Å²) in [4.78, 5) is 10.5. The minimum Gasteiger partial charge on any atom is -0.348 e. The van der Waals surface area contributed by atoms with E-state index in [2.05, 4.69) is 0 Å². The Hall–Kier alpha value is -0.820. The molecular weight excluding hydrogens is 239 g/mol. The zero-order valence-corrected chi connectivity index (χ0v) is 9.71. The first kappa shape index (κ1) is 14.2. The van der Waals surface area contributed by atoms with Crippen LogP contribution in [0.25, 0.3) is 0 Å². The fourth-order valence-electron chi connectivity index (χ4n) is 1.44. The Labute approximate surface area is 97.5 Å². The lowest BCUT2D eigenvalue weighted by Crippen LogP contribution is -2.37. The average molecular weight is 255 g/mol. The normalized spacial score (nSPS) is 29.4. The van der Waals surface area contributed by atoms with Gasteiger partial charge in [0.2, 0.25) is 0 Å². The third-order valence-corrected chi connectivity index (χ3v) is 2.55. The van der Waals surface area contributed by atoms with Crippen molar-refractivity contribution >= 4 is 5.91 Å². The number of hydrogen-bond acceptors (Lipinski definition) is 3. The molecule has 0 spiro atoms. The van der Waals surface area contributed by atoms with Crippen LogP contribution in [0.4, 0.5) is 13.2 Å². The maximum Gasteiger partial charge on any atom is 0.471 e. The largest absolute Gasteiger partial charge is 0.471 e. The maximum absolute atomic E-state index is 11.8.